The fourth-order valence-electron chi connectivity index (χ4n) is 2.77. The highest BCUT2D eigenvalue weighted by molar-refractivity contribution is 5.84. The first-order chi connectivity index (χ1) is 10.5. The molecule has 0 atom stereocenters. The van der Waals surface area contributed by atoms with E-state index in [2.05, 4.69) is 73.2 Å². The van der Waals surface area contributed by atoms with E-state index < -0.39 is 0 Å². The van der Waals surface area contributed by atoms with E-state index >= 15 is 0 Å². The van der Waals surface area contributed by atoms with Crippen molar-refractivity contribution in [3.63, 3.8) is 0 Å². The molecule has 0 radical (unpaired) electrons. The molecule has 22 heavy (non-hydrogen) atoms. The Labute approximate surface area is 131 Å². The van der Waals surface area contributed by atoms with E-state index in [1.165, 1.54) is 22.2 Å². The standard InChI is InChI=1S/C18H23N3O/c1-12(2)18-9-14(20-22-18)10-21(4)11-17-13(3)15-7-5-6-8-16(15)19-17/h5-9,12,19H,10-11H2,1-4H3. The van der Waals surface area contributed by atoms with Gasteiger partial charge >= 0.3 is 0 Å². The number of fused-ring (bicyclic) bond motifs is 1. The Morgan fingerprint density at radius 1 is 1.23 bits per heavy atom. The van der Waals surface area contributed by atoms with E-state index in [1.54, 1.807) is 0 Å². The van der Waals surface area contributed by atoms with Crippen molar-refractivity contribution in [3.05, 3.63) is 53.0 Å². The maximum atomic E-state index is 5.36. The molecule has 0 saturated carbocycles. The highest BCUT2D eigenvalue weighted by Gasteiger charge is 2.12. The lowest BCUT2D eigenvalue weighted by molar-refractivity contribution is 0.296. The number of hydrogen-bond donors (Lipinski definition) is 1. The summed E-state index contributed by atoms with van der Waals surface area (Å²) in [5.74, 6) is 1.33. The number of hydrogen-bond acceptors (Lipinski definition) is 3. The molecule has 0 saturated heterocycles. The maximum Gasteiger partial charge on any atom is 0.139 e. The first-order valence-corrected chi connectivity index (χ1v) is 7.75. The Hall–Kier alpha value is -2.07. The Balaban J connectivity index is 1.72. The van der Waals surface area contributed by atoms with Crippen LogP contribution in [0.2, 0.25) is 0 Å². The van der Waals surface area contributed by atoms with Gasteiger partial charge in [-0.25, -0.2) is 0 Å². The summed E-state index contributed by atoms with van der Waals surface area (Å²) < 4.78 is 5.36. The lowest BCUT2D eigenvalue weighted by Crippen LogP contribution is -2.18. The third kappa shape index (κ3) is 2.92. The summed E-state index contributed by atoms with van der Waals surface area (Å²) in [6.07, 6.45) is 0. The second kappa shape index (κ2) is 5.97. The molecule has 116 valence electrons. The SMILES string of the molecule is Cc1c(CN(C)Cc2cc(C(C)C)on2)[nH]c2ccccc12. The predicted octanol–water partition coefficient (Wildman–Crippen LogP) is 4.22. The third-order valence-electron chi connectivity index (χ3n) is 4.08. The van der Waals surface area contributed by atoms with Gasteiger partial charge in [0.15, 0.2) is 0 Å². The van der Waals surface area contributed by atoms with Crippen molar-refractivity contribution in [3.8, 4) is 0 Å². The van der Waals surface area contributed by atoms with Crippen molar-refractivity contribution in [2.24, 2.45) is 0 Å². The maximum absolute atomic E-state index is 5.36. The van der Waals surface area contributed by atoms with Crippen molar-refractivity contribution in [1.29, 1.82) is 0 Å². The van der Waals surface area contributed by atoms with Gasteiger partial charge in [0.25, 0.3) is 0 Å². The molecular weight excluding hydrogens is 274 g/mol. The topological polar surface area (TPSA) is 45.1 Å². The van der Waals surface area contributed by atoms with E-state index in [-0.39, 0.29) is 0 Å². The molecule has 3 rings (SSSR count). The number of aromatic amines is 1. The molecule has 0 bridgehead atoms. The summed E-state index contributed by atoms with van der Waals surface area (Å²) in [6.45, 7) is 8.05. The summed E-state index contributed by atoms with van der Waals surface area (Å²) in [6, 6.07) is 10.5. The van der Waals surface area contributed by atoms with Crippen molar-refractivity contribution in [2.75, 3.05) is 7.05 Å². The van der Waals surface area contributed by atoms with Crippen LogP contribution in [0.25, 0.3) is 10.9 Å². The van der Waals surface area contributed by atoms with Crippen LogP contribution in [-0.2, 0) is 13.1 Å². The van der Waals surface area contributed by atoms with Gasteiger partial charge in [-0.3, -0.25) is 4.90 Å². The number of rotatable bonds is 5. The van der Waals surface area contributed by atoms with Crippen LogP contribution in [-0.4, -0.2) is 22.1 Å². The van der Waals surface area contributed by atoms with Crippen LogP contribution in [0.15, 0.2) is 34.9 Å². The van der Waals surface area contributed by atoms with Crippen LogP contribution in [0.3, 0.4) is 0 Å². The van der Waals surface area contributed by atoms with Crippen molar-refractivity contribution < 1.29 is 4.52 Å². The van der Waals surface area contributed by atoms with Gasteiger partial charge in [-0.05, 0) is 25.6 Å². The largest absolute Gasteiger partial charge is 0.361 e. The highest BCUT2D eigenvalue weighted by atomic mass is 16.5. The molecule has 0 amide bonds. The first-order valence-electron chi connectivity index (χ1n) is 7.75. The first kappa shape index (κ1) is 14.9. The molecule has 0 aliphatic heterocycles. The van der Waals surface area contributed by atoms with Gasteiger partial charge in [0.05, 0.1) is 5.69 Å². The van der Waals surface area contributed by atoms with E-state index in [4.69, 9.17) is 4.52 Å². The lowest BCUT2D eigenvalue weighted by atomic mass is 10.1. The number of para-hydroxylation sites is 1. The quantitative estimate of drug-likeness (QED) is 0.767. The molecule has 1 N–H and O–H groups in total. The van der Waals surface area contributed by atoms with E-state index in [0.717, 1.165) is 24.5 Å². The second-order valence-electron chi connectivity index (χ2n) is 6.32. The van der Waals surface area contributed by atoms with E-state index in [0.29, 0.717) is 5.92 Å². The minimum absolute atomic E-state index is 0.377. The Morgan fingerprint density at radius 3 is 2.68 bits per heavy atom. The number of nitrogens with one attached hydrogen (secondary N) is 1. The molecule has 4 heteroatoms. The zero-order valence-electron chi connectivity index (χ0n) is 13.7. The fraction of sp³-hybridized carbons (Fsp3) is 0.389. The van der Waals surface area contributed by atoms with Crippen LogP contribution in [0.5, 0.6) is 0 Å². The summed E-state index contributed by atoms with van der Waals surface area (Å²) in [4.78, 5) is 5.77. The molecule has 1 aromatic carbocycles. The summed E-state index contributed by atoms with van der Waals surface area (Å²) in [5.41, 5.74) is 4.77. The molecule has 0 spiro atoms. The molecule has 2 heterocycles. The minimum atomic E-state index is 0.377. The van der Waals surface area contributed by atoms with Crippen LogP contribution in [0.1, 0.15) is 42.5 Å². The Bertz CT molecular complexity index is 770. The Kier molecular flexibility index (Phi) is 4.03. The smallest absolute Gasteiger partial charge is 0.139 e. The average Bonchev–Trinajstić information content (AvgIpc) is 3.06. The molecule has 0 fully saturated rings. The zero-order chi connectivity index (χ0) is 15.7. The van der Waals surface area contributed by atoms with Gasteiger partial charge in [-0.1, -0.05) is 37.2 Å². The monoisotopic (exact) mass is 297 g/mol. The van der Waals surface area contributed by atoms with Crippen LogP contribution >= 0.6 is 0 Å². The van der Waals surface area contributed by atoms with Gasteiger partial charge in [0.2, 0.25) is 0 Å². The van der Waals surface area contributed by atoms with Gasteiger partial charge in [0.1, 0.15) is 5.76 Å². The molecule has 4 nitrogen and oxygen atoms in total. The van der Waals surface area contributed by atoms with Gasteiger partial charge in [0, 0.05) is 41.7 Å². The molecular formula is C18H23N3O. The highest BCUT2D eigenvalue weighted by Crippen LogP contribution is 2.22. The van der Waals surface area contributed by atoms with Crippen LogP contribution < -0.4 is 0 Å². The van der Waals surface area contributed by atoms with Crippen molar-refractivity contribution in [2.45, 2.75) is 39.8 Å². The number of H-pyrrole nitrogens is 1. The number of benzene rings is 1. The van der Waals surface area contributed by atoms with Crippen LogP contribution in [0.4, 0.5) is 0 Å². The van der Waals surface area contributed by atoms with E-state index in [1.807, 2.05) is 0 Å². The van der Waals surface area contributed by atoms with Crippen molar-refractivity contribution >= 4 is 10.9 Å². The lowest BCUT2D eigenvalue weighted by Gasteiger charge is -2.14. The summed E-state index contributed by atoms with van der Waals surface area (Å²) >= 11 is 0. The number of aromatic nitrogens is 2. The predicted molar refractivity (Wildman–Crippen MR) is 88.8 cm³/mol. The van der Waals surface area contributed by atoms with Gasteiger partial charge < -0.3 is 9.51 Å². The van der Waals surface area contributed by atoms with Gasteiger partial charge in [-0.2, -0.15) is 0 Å². The summed E-state index contributed by atoms with van der Waals surface area (Å²) in [5, 5.41) is 5.46. The van der Waals surface area contributed by atoms with Crippen LogP contribution in [0, 0.1) is 6.92 Å². The average molecular weight is 297 g/mol. The fourth-order valence-corrected chi connectivity index (χ4v) is 2.77. The van der Waals surface area contributed by atoms with E-state index in [9.17, 15) is 0 Å². The normalized spacial score (nSPS) is 11.9. The second-order valence-corrected chi connectivity index (χ2v) is 6.32. The van der Waals surface area contributed by atoms with Crippen molar-refractivity contribution in [1.82, 2.24) is 15.0 Å². The minimum Gasteiger partial charge on any atom is -0.361 e. The molecule has 0 aliphatic carbocycles. The molecule has 3 aromatic rings. The number of nitrogens with zero attached hydrogens (tertiary/aromatic N) is 2. The van der Waals surface area contributed by atoms with Gasteiger partial charge in [-0.15, -0.1) is 0 Å². The number of aryl methyl sites for hydroxylation is 1. The third-order valence-corrected chi connectivity index (χ3v) is 4.08. The summed E-state index contributed by atoms with van der Waals surface area (Å²) in [7, 11) is 2.11. The zero-order valence-corrected chi connectivity index (χ0v) is 13.7. The molecule has 2 aromatic heterocycles. The molecule has 0 unspecified atom stereocenters. The molecule has 0 aliphatic rings. The Morgan fingerprint density at radius 2 is 2.00 bits per heavy atom.